The van der Waals surface area contributed by atoms with Gasteiger partial charge in [-0.15, -0.1) is 0 Å². The lowest BCUT2D eigenvalue weighted by Gasteiger charge is -2.14. The number of carbonyl (C=O) groups is 1. The van der Waals surface area contributed by atoms with Crippen LogP contribution in [0.3, 0.4) is 0 Å². The van der Waals surface area contributed by atoms with Gasteiger partial charge in [0.1, 0.15) is 12.4 Å². The van der Waals surface area contributed by atoms with Gasteiger partial charge >= 0.3 is 12.1 Å². The smallest absolute Gasteiger partial charge is 0.416 e. The number of halogens is 3. The minimum Gasteiger partial charge on any atom is -0.489 e. The molecule has 7 heteroatoms. The minimum absolute atomic E-state index is 0.0186. The molecule has 0 aliphatic rings. The van der Waals surface area contributed by atoms with E-state index in [1.54, 1.807) is 32.2 Å². The Morgan fingerprint density at radius 2 is 1.96 bits per heavy atom. The maximum atomic E-state index is 12.8. The van der Waals surface area contributed by atoms with E-state index >= 15 is 0 Å². The van der Waals surface area contributed by atoms with E-state index in [1.807, 2.05) is 0 Å². The predicted octanol–water partition coefficient (Wildman–Crippen LogP) is 4.49. The second-order valence-electron chi connectivity index (χ2n) is 5.84. The molecule has 0 saturated heterocycles. The Bertz CT molecular complexity index is 845. The average molecular weight is 379 g/mol. The number of carboxylic acid groups (broad SMARTS) is 1. The summed E-state index contributed by atoms with van der Waals surface area (Å²) >= 11 is 0. The molecular weight excluding hydrogens is 359 g/mol. The van der Waals surface area contributed by atoms with Gasteiger partial charge in [-0.1, -0.05) is 24.3 Å². The van der Waals surface area contributed by atoms with E-state index < -0.39 is 17.7 Å². The van der Waals surface area contributed by atoms with E-state index in [0.29, 0.717) is 17.7 Å². The van der Waals surface area contributed by atoms with Gasteiger partial charge in [-0.2, -0.15) is 13.2 Å². The largest absolute Gasteiger partial charge is 0.489 e. The second-order valence-corrected chi connectivity index (χ2v) is 5.84. The van der Waals surface area contributed by atoms with E-state index in [2.05, 4.69) is 5.32 Å². The van der Waals surface area contributed by atoms with Gasteiger partial charge in [0.05, 0.1) is 11.1 Å². The Labute approximate surface area is 155 Å². The number of allylic oxidation sites excluding steroid dienone is 1. The van der Waals surface area contributed by atoms with E-state index in [1.165, 1.54) is 18.2 Å². The van der Waals surface area contributed by atoms with Crippen molar-refractivity contribution in [3.63, 3.8) is 0 Å². The SMILES string of the molecule is C/C=C(/C(=O)O)c1cc(COc2cccc(C(F)(F)F)c2)ccc1CNC. The van der Waals surface area contributed by atoms with Crippen molar-refractivity contribution < 1.29 is 27.8 Å². The molecule has 0 radical (unpaired) electrons. The van der Waals surface area contributed by atoms with Crippen LogP contribution in [0.2, 0.25) is 0 Å². The van der Waals surface area contributed by atoms with Gasteiger partial charge < -0.3 is 15.2 Å². The topological polar surface area (TPSA) is 58.6 Å². The highest BCUT2D eigenvalue weighted by molar-refractivity contribution is 6.15. The molecule has 0 unspecified atom stereocenters. The molecule has 2 N–H and O–H groups in total. The molecule has 2 rings (SSSR count). The van der Waals surface area contributed by atoms with Crippen molar-refractivity contribution in [2.24, 2.45) is 0 Å². The standard InChI is InChI=1S/C20H20F3NO3/c1-3-17(19(25)26)18-9-13(7-8-14(18)11-24-2)12-27-16-6-4-5-15(10-16)20(21,22)23/h3-10,24H,11-12H2,1-2H3,(H,25,26)/b17-3+. The molecule has 2 aromatic rings. The number of aliphatic carboxylic acids is 1. The van der Waals surface area contributed by atoms with Gasteiger partial charge in [0.2, 0.25) is 0 Å². The molecule has 0 fully saturated rings. The van der Waals surface area contributed by atoms with Gasteiger partial charge in [0, 0.05) is 6.54 Å². The van der Waals surface area contributed by atoms with Crippen LogP contribution in [0.1, 0.15) is 29.2 Å². The molecule has 0 atom stereocenters. The first kappa shape index (κ1) is 20.5. The zero-order chi connectivity index (χ0) is 20.0. The van der Waals surface area contributed by atoms with Crippen LogP contribution in [0.15, 0.2) is 48.5 Å². The fraction of sp³-hybridized carbons (Fsp3) is 0.250. The summed E-state index contributed by atoms with van der Waals surface area (Å²) in [4.78, 5) is 11.5. The molecule has 2 aromatic carbocycles. The van der Waals surface area contributed by atoms with Crippen molar-refractivity contribution in [3.05, 3.63) is 70.8 Å². The van der Waals surface area contributed by atoms with Gasteiger partial charge in [0.15, 0.2) is 0 Å². The molecule has 0 bridgehead atoms. The Balaban J connectivity index is 2.26. The maximum Gasteiger partial charge on any atom is 0.416 e. The molecular formula is C20H20F3NO3. The summed E-state index contributed by atoms with van der Waals surface area (Å²) in [5, 5.41) is 12.4. The Kier molecular flexibility index (Phi) is 6.63. The number of carboxylic acids is 1. The maximum absolute atomic E-state index is 12.8. The Hall–Kier alpha value is -2.80. The zero-order valence-electron chi connectivity index (χ0n) is 14.9. The number of benzene rings is 2. The van der Waals surface area contributed by atoms with Crippen LogP contribution in [0, 0.1) is 0 Å². The summed E-state index contributed by atoms with van der Waals surface area (Å²) < 4.78 is 43.8. The number of alkyl halides is 3. The molecule has 0 heterocycles. The highest BCUT2D eigenvalue weighted by Gasteiger charge is 2.30. The summed E-state index contributed by atoms with van der Waals surface area (Å²) in [6.45, 7) is 2.14. The molecule has 0 aliphatic heterocycles. The molecule has 0 amide bonds. The minimum atomic E-state index is -4.44. The summed E-state index contributed by atoms with van der Waals surface area (Å²) in [6, 6.07) is 9.86. The van der Waals surface area contributed by atoms with Crippen molar-refractivity contribution in [2.45, 2.75) is 26.3 Å². The summed E-state index contributed by atoms with van der Waals surface area (Å²) in [5.41, 5.74) is 1.37. The van der Waals surface area contributed by atoms with E-state index in [9.17, 15) is 23.1 Å². The van der Waals surface area contributed by atoms with Crippen LogP contribution in [0.5, 0.6) is 5.75 Å². The summed E-state index contributed by atoms with van der Waals surface area (Å²) in [6.07, 6.45) is -2.93. The summed E-state index contributed by atoms with van der Waals surface area (Å²) in [5.74, 6) is -0.957. The van der Waals surface area contributed by atoms with Gasteiger partial charge in [0.25, 0.3) is 0 Å². The van der Waals surface area contributed by atoms with Crippen molar-refractivity contribution in [2.75, 3.05) is 7.05 Å². The van der Waals surface area contributed by atoms with E-state index in [0.717, 1.165) is 17.7 Å². The van der Waals surface area contributed by atoms with Gasteiger partial charge in [-0.05, 0) is 54.9 Å². The lowest BCUT2D eigenvalue weighted by molar-refractivity contribution is -0.137. The Morgan fingerprint density at radius 3 is 2.56 bits per heavy atom. The third-order valence-electron chi connectivity index (χ3n) is 3.92. The van der Waals surface area contributed by atoms with Gasteiger partial charge in [-0.25, -0.2) is 4.79 Å². The quantitative estimate of drug-likeness (QED) is 0.696. The molecule has 144 valence electrons. The Morgan fingerprint density at radius 1 is 1.22 bits per heavy atom. The van der Waals surface area contributed by atoms with Crippen LogP contribution < -0.4 is 10.1 Å². The number of hydrogen-bond donors (Lipinski definition) is 2. The lowest BCUT2D eigenvalue weighted by atomic mass is 9.97. The highest BCUT2D eigenvalue weighted by atomic mass is 19.4. The van der Waals surface area contributed by atoms with E-state index in [-0.39, 0.29) is 17.9 Å². The molecule has 4 nitrogen and oxygen atoms in total. The number of rotatable bonds is 7. The van der Waals surface area contributed by atoms with Crippen molar-refractivity contribution >= 4 is 11.5 Å². The molecule has 0 aromatic heterocycles. The zero-order valence-corrected chi connectivity index (χ0v) is 14.9. The first-order valence-corrected chi connectivity index (χ1v) is 8.22. The molecule has 0 spiro atoms. The molecule has 27 heavy (non-hydrogen) atoms. The van der Waals surface area contributed by atoms with Crippen LogP contribution >= 0.6 is 0 Å². The van der Waals surface area contributed by atoms with Crippen LogP contribution in [-0.2, 0) is 24.1 Å². The van der Waals surface area contributed by atoms with Gasteiger partial charge in [-0.3, -0.25) is 0 Å². The highest BCUT2D eigenvalue weighted by Crippen LogP contribution is 2.31. The third kappa shape index (κ3) is 5.34. The monoisotopic (exact) mass is 379 g/mol. The summed E-state index contributed by atoms with van der Waals surface area (Å²) in [7, 11) is 1.75. The van der Waals surface area contributed by atoms with Crippen LogP contribution in [-0.4, -0.2) is 18.1 Å². The fourth-order valence-electron chi connectivity index (χ4n) is 2.63. The third-order valence-corrected chi connectivity index (χ3v) is 3.92. The lowest BCUT2D eigenvalue weighted by Crippen LogP contribution is -2.11. The van der Waals surface area contributed by atoms with Crippen molar-refractivity contribution in [1.82, 2.24) is 5.32 Å². The number of ether oxygens (including phenoxy) is 1. The number of hydrogen-bond acceptors (Lipinski definition) is 3. The molecule has 0 aliphatic carbocycles. The number of nitrogens with one attached hydrogen (secondary N) is 1. The second kappa shape index (κ2) is 8.73. The fourth-order valence-corrected chi connectivity index (χ4v) is 2.63. The van der Waals surface area contributed by atoms with Crippen LogP contribution in [0.25, 0.3) is 5.57 Å². The predicted molar refractivity (Wildman–Crippen MR) is 96.3 cm³/mol. The first-order chi connectivity index (χ1) is 12.8. The van der Waals surface area contributed by atoms with E-state index in [4.69, 9.17) is 4.74 Å². The average Bonchev–Trinajstić information content (AvgIpc) is 2.61. The van der Waals surface area contributed by atoms with Crippen molar-refractivity contribution in [3.8, 4) is 5.75 Å². The molecule has 0 saturated carbocycles. The van der Waals surface area contributed by atoms with Crippen molar-refractivity contribution in [1.29, 1.82) is 0 Å². The normalized spacial score (nSPS) is 12.1. The van der Waals surface area contributed by atoms with Crippen LogP contribution in [0.4, 0.5) is 13.2 Å². The first-order valence-electron chi connectivity index (χ1n) is 8.22.